The van der Waals surface area contributed by atoms with Gasteiger partial charge in [0.15, 0.2) is 9.84 Å². The van der Waals surface area contributed by atoms with Crippen LogP contribution in [0.5, 0.6) is 0 Å². The molecule has 1 aromatic carbocycles. The summed E-state index contributed by atoms with van der Waals surface area (Å²) >= 11 is 0. The number of hydrogen-bond acceptors (Lipinski definition) is 3. The average Bonchev–Trinajstić information content (AvgIpc) is 2.24. The number of carbonyl (C=O) groups is 1. The van der Waals surface area contributed by atoms with E-state index in [9.17, 15) is 13.2 Å². The van der Waals surface area contributed by atoms with Crippen molar-refractivity contribution in [2.45, 2.75) is 18.8 Å². The van der Waals surface area contributed by atoms with E-state index in [0.717, 1.165) is 12.0 Å². The molecule has 0 radical (unpaired) electrons. The van der Waals surface area contributed by atoms with Crippen LogP contribution in [0.15, 0.2) is 24.3 Å². The summed E-state index contributed by atoms with van der Waals surface area (Å²) in [6, 6.07) is 7.77. The van der Waals surface area contributed by atoms with Crippen molar-refractivity contribution >= 4 is 15.8 Å². The zero-order valence-corrected chi connectivity index (χ0v) is 10.1. The predicted octanol–water partition coefficient (Wildman–Crippen LogP) is 1.22. The Kier molecular flexibility index (Phi) is 3.19. The maximum atomic E-state index is 11.7. The van der Waals surface area contributed by atoms with Crippen molar-refractivity contribution in [3.63, 3.8) is 0 Å². The highest BCUT2D eigenvalue weighted by Crippen LogP contribution is 2.35. The molecular formula is C12H14O4S. The number of fused-ring (bicyclic) bond motifs is 1. The second-order valence-electron chi connectivity index (χ2n) is 4.36. The summed E-state index contributed by atoms with van der Waals surface area (Å²) in [7, 11) is -3.26. The average molecular weight is 254 g/mol. The fourth-order valence-corrected chi connectivity index (χ4v) is 3.71. The molecule has 4 nitrogen and oxygen atoms in total. The maximum absolute atomic E-state index is 11.7. The molecule has 0 aromatic heterocycles. The highest BCUT2D eigenvalue weighted by Gasteiger charge is 2.30. The molecule has 1 aliphatic rings. The summed E-state index contributed by atoms with van der Waals surface area (Å²) in [6.45, 7) is 0. The zero-order chi connectivity index (χ0) is 12.5. The summed E-state index contributed by atoms with van der Waals surface area (Å²) in [6.07, 6.45) is 0.471. The van der Waals surface area contributed by atoms with E-state index >= 15 is 0 Å². The van der Waals surface area contributed by atoms with Crippen LogP contribution in [0.1, 0.15) is 23.5 Å². The largest absolute Gasteiger partial charge is 0.481 e. The Balaban J connectivity index is 1.98. The third-order valence-corrected chi connectivity index (χ3v) is 4.78. The number of hydrogen-bond donors (Lipinski definition) is 1. The van der Waals surface area contributed by atoms with Gasteiger partial charge in [0.25, 0.3) is 0 Å². The minimum Gasteiger partial charge on any atom is -0.481 e. The smallest absolute Gasteiger partial charge is 0.304 e. The van der Waals surface area contributed by atoms with E-state index in [2.05, 4.69) is 0 Å². The third-order valence-electron chi connectivity index (χ3n) is 3.04. The highest BCUT2D eigenvalue weighted by atomic mass is 32.2. The van der Waals surface area contributed by atoms with Crippen LogP contribution in [0.2, 0.25) is 0 Å². The Morgan fingerprint density at radius 3 is 2.71 bits per heavy atom. The molecule has 0 fully saturated rings. The van der Waals surface area contributed by atoms with Gasteiger partial charge in [-0.2, -0.15) is 0 Å². The van der Waals surface area contributed by atoms with Gasteiger partial charge in [-0.15, -0.1) is 0 Å². The molecule has 1 N–H and O–H groups in total. The van der Waals surface area contributed by atoms with Crippen molar-refractivity contribution in [3.8, 4) is 0 Å². The molecule has 1 aliphatic carbocycles. The Morgan fingerprint density at radius 1 is 1.35 bits per heavy atom. The quantitative estimate of drug-likeness (QED) is 0.857. The first kappa shape index (κ1) is 12.1. The second-order valence-corrected chi connectivity index (χ2v) is 6.59. The van der Waals surface area contributed by atoms with Gasteiger partial charge >= 0.3 is 5.97 Å². The number of sulfone groups is 1. The lowest BCUT2D eigenvalue weighted by atomic mass is 9.79. The van der Waals surface area contributed by atoms with E-state index in [1.165, 1.54) is 5.56 Å². The lowest BCUT2D eigenvalue weighted by molar-refractivity contribution is -0.136. The van der Waals surface area contributed by atoms with Gasteiger partial charge in [-0.3, -0.25) is 4.79 Å². The maximum Gasteiger partial charge on any atom is 0.304 e. The van der Waals surface area contributed by atoms with Crippen LogP contribution in [-0.2, 0) is 21.1 Å². The monoisotopic (exact) mass is 254 g/mol. The number of aliphatic carboxylic acids is 1. The van der Waals surface area contributed by atoms with Gasteiger partial charge in [0.1, 0.15) is 0 Å². The van der Waals surface area contributed by atoms with Crippen LogP contribution in [0, 0.1) is 0 Å². The number of rotatable bonds is 5. The van der Waals surface area contributed by atoms with Crippen LogP contribution in [0.25, 0.3) is 0 Å². The van der Waals surface area contributed by atoms with Crippen LogP contribution in [-0.4, -0.2) is 31.0 Å². The molecule has 1 atom stereocenters. The van der Waals surface area contributed by atoms with E-state index in [-0.39, 0.29) is 23.8 Å². The van der Waals surface area contributed by atoms with Gasteiger partial charge < -0.3 is 5.11 Å². The van der Waals surface area contributed by atoms with E-state index in [1.807, 2.05) is 24.3 Å². The zero-order valence-electron chi connectivity index (χ0n) is 9.30. The SMILES string of the molecule is O=C(O)CCS(=O)(=O)CC1Cc2ccccc21. The van der Waals surface area contributed by atoms with Crippen LogP contribution in [0.3, 0.4) is 0 Å². The van der Waals surface area contributed by atoms with Gasteiger partial charge in [0, 0.05) is 5.92 Å². The Morgan fingerprint density at radius 2 is 2.06 bits per heavy atom. The van der Waals surface area contributed by atoms with Crippen LogP contribution in [0.4, 0.5) is 0 Å². The van der Waals surface area contributed by atoms with Gasteiger partial charge in [-0.25, -0.2) is 8.42 Å². The molecule has 0 bridgehead atoms. The fourth-order valence-electron chi connectivity index (χ4n) is 2.14. The first-order chi connectivity index (χ1) is 7.98. The highest BCUT2D eigenvalue weighted by molar-refractivity contribution is 7.91. The Labute approximate surface area is 100 Å². The van der Waals surface area contributed by atoms with E-state index in [0.29, 0.717) is 0 Å². The summed E-state index contributed by atoms with van der Waals surface area (Å²) in [4.78, 5) is 10.3. The topological polar surface area (TPSA) is 71.4 Å². The fraction of sp³-hybridized carbons (Fsp3) is 0.417. The molecule has 1 unspecified atom stereocenters. The minimum absolute atomic E-state index is 0.0463. The first-order valence-corrected chi connectivity index (χ1v) is 7.30. The van der Waals surface area contributed by atoms with E-state index in [4.69, 9.17) is 5.11 Å². The standard InChI is InChI=1S/C12H14O4S/c13-12(14)5-6-17(15,16)8-10-7-9-3-1-2-4-11(9)10/h1-4,10H,5-8H2,(H,13,14). The molecule has 0 saturated heterocycles. The third kappa shape index (κ3) is 2.85. The van der Waals surface area contributed by atoms with Gasteiger partial charge in [-0.1, -0.05) is 24.3 Å². The summed E-state index contributed by atoms with van der Waals surface area (Å²) in [5, 5.41) is 8.48. The van der Waals surface area contributed by atoms with E-state index in [1.54, 1.807) is 0 Å². The molecule has 5 heteroatoms. The Bertz CT molecular complexity index is 533. The molecule has 0 amide bonds. The lowest BCUT2D eigenvalue weighted by Crippen LogP contribution is -2.26. The van der Waals surface area contributed by atoms with Crippen molar-refractivity contribution in [1.82, 2.24) is 0 Å². The molecule has 92 valence electrons. The van der Waals surface area contributed by atoms with Gasteiger partial charge in [0.05, 0.1) is 17.9 Å². The summed E-state index contributed by atoms with van der Waals surface area (Å²) in [5.74, 6) is -1.22. The minimum atomic E-state index is -3.26. The molecule has 0 aliphatic heterocycles. The van der Waals surface area contributed by atoms with Gasteiger partial charge in [0.2, 0.25) is 0 Å². The lowest BCUT2D eigenvalue weighted by Gasteiger charge is -2.29. The summed E-state index contributed by atoms with van der Waals surface area (Å²) in [5.41, 5.74) is 2.29. The van der Waals surface area contributed by atoms with Crippen LogP contribution >= 0.6 is 0 Å². The van der Waals surface area contributed by atoms with Gasteiger partial charge in [-0.05, 0) is 17.5 Å². The summed E-state index contributed by atoms with van der Waals surface area (Å²) < 4.78 is 23.4. The molecule has 2 rings (SSSR count). The molecule has 0 saturated carbocycles. The first-order valence-electron chi connectivity index (χ1n) is 5.48. The Hall–Kier alpha value is -1.36. The molecule has 0 heterocycles. The second kappa shape index (κ2) is 4.49. The number of benzene rings is 1. The van der Waals surface area contributed by atoms with Crippen molar-refractivity contribution in [2.75, 3.05) is 11.5 Å². The number of carboxylic acids is 1. The molecule has 1 aromatic rings. The number of carboxylic acid groups (broad SMARTS) is 1. The van der Waals surface area contributed by atoms with E-state index < -0.39 is 15.8 Å². The normalized spacial score (nSPS) is 18.2. The van der Waals surface area contributed by atoms with Crippen molar-refractivity contribution in [1.29, 1.82) is 0 Å². The molecular weight excluding hydrogens is 240 g/mol. The molecule has 0 spiro atoms. The predicted molar refractivity (Wildman–Crippen MR) is 63.8 cm³/mol. The van der Waals surface area contributed by atoms with Crippen molar-refractivity contribution in [3.05, 3.63) is 35.4 Å². The van der Waals surface area contributed by atoms with Crippen LogP contribution < -0.4 is 0 Å². The van der Waals surface area contributed by atoms with Crippen molar-refractivity contribution in [2.24, 2.45) is 0 Å². The molecule has 17 heavy (non-hydrogen) atoms. The van der Waals surface area contributed by atoms with Crippen molar-refractivity contribution < 1.29 is 18.3 Å².